The van der Waals surface area contributed by atoms with Gasteiger partial charge >= 0.3 is 6.09 Å². The molecule has 1 amide bonds. The van der Waals surface area contributed by atoms with E-state index in [1.807, 2.05) is 0 Å². The van der Waals surface area contributed by atoms with Crippen molar-refractivity contribution in [1.82, 2.24) is 4.68 Å². The molecule has 0 bridgehead atoms. The monoisotopic (exact) mass is 248 g/mol. The van der Waals surface area contributed by atoms with Crippen LogP contribution in [0.4, 0.5) is 4.79 Å². The number of amides is 1. The van der Waals surface area contributed by atoms with E-state index in [9.17, 15) is 9.59 Å². The smallest absolute Gasteiger partial charge is 0.430 e. The Bertz CT molecular complexity index is 500. The summed E-state index contributed by atoms with van der Waals surface area (Å²) < 4.78 is 6.66. The fourth-order valence-corrected chi connectivity index (χ4v) is 1.21. The molecule has 0 aliphatic rings. The maximum atomic E-state index is 11.9. The van der Waals surface area contributed by atoms with E-state index in [4.69, 9.17) is 11.2 Å². The molecule has 0 saturated heterocycles. The Hall–Kier alpha value is -2.22. The molecule has 0 radical (unpaired) electrons. The summed E-state index contributed by atoms with van der Waals surface area (Å²) in [6, 6.07) is 2.68. The van der Waals surface area contributed by atoms with E-state index < -0.39 is 11.7 Å². The third-order valence-corrected chi connectivity index (χ3v) is 1.91. The fraction of sp³-hybridized carbons (Fsp3) is 0.385. The van der Waals surface area contributed by atoms with Crippen molar-refractivity contribution in [3.8, 4) is 12.3 Å². The Morgan fingerprint density at radius 3 is 2.44 bits per heavy atom. The van der Waals surface area contributed by atoms with Crippen molar-refractivity contribution in [3.05, 3.63) is 34.7 Å². The molecule has 5 heteroatoms. The highest BCUT2D eigenvalue weighted by Crippen LogP contribution is 2.09. The van der Waals surface area contributed by atoms with Gasteiger partial charge in [0.1, 0.15) is 12.1 Å². The lowest BCUT2D eigenvalue weighted by atomic mass is 10.2. The topological polar surface area (TPSA) is 51.5 Å². The van der Waals surface area contributed by atoms with Gasteiger partial charge in [-0.3, -0.25) is 9.47 Å². The number of pyridine rings is 1. The maximum absolute atomic E-state index is 11.9. The van der Waals surface area contributed by atoms with E-state index in [1.54, 1.807) is 20.8 Å². The summed E-state index contributed by atoms with van der Waals surface area (Å²) in [6.45, 7) is 5.36. The van der Waals surface area contributed by atoms with Crippen molar-refractivity contribution in [3.63, 3.8) is 0 Å². The predicted molar refractivity (Wildman–Crippen MR) is 68.9 cm³/mol. The predicted octanol–water partition coefficient (Wildman–Crippen LogP) is 1.35. The van der Waals surface area contributed by atoms with Crippen LogP contribution in [0.5, 0.6) is 0 Å². The average Bonchev–Trinajstić information content (AvgIpc) is 2.25. The zero-order valence-corrected chi connectivity index (χ0v) is 10.7. The molecular weight excluding hydrogens is 232 g/mol. The van der Waals surface area contributed by atoms with Gasteiger partial charge in [0.05, 0.1) is 0 Å². The summed E-state index contributed by atoms with van der Waals surface area (Å²) in [4.78, 5) is 23.0. The standard InChI is InChI=1S/C13H16N2O3/c1-5-8-15(12(17)18-13(2,3)4)14-9-6-11(16)7-10-14/h1,6-7,9-10H,8H2,2-4H3. The van der Waals surface area contributed by atoms with E-state index in [0.717, 1.165) is 0 Å². The van der Waals surface area contributed by atoms with Crippen LogP contribution in [-0.4, -0.2) is 22.9 Å². The summed E-state index contributed by atoms with van der Waals surface area (Å²) in [7, 11) is 0. The molecule has 0 aliphatic heterocycles. The molecule has 1 heterocycles. The van der Waals surface area contributed by atoms with E-state index in [0.29, 0.717) is 0 Å². The van der Waals surface area contributed by atoms with Crippen LogP contribution in [0.1, 0.15) is 20.8 Å². The molecule has 0 unspecified atom stereocenters. The van der Waals surface area contributed by atoms with E-state index in [2.05, 4.69) is 5.92 Å². The van der Waals surface area contributed by atoms with Crippen LogP contribution in [0.3, 0.4) is 0 Å². The highest BCUT2D eigenvalue weighted by molar-refractivity contribution is 5.79. The average molecular weight is 248 g/mol. The van der Waals surface area contributed by atoms with Crippen LogP contribution in [-0.2, 0) is 4.74 Å². The molecule has 1 rings (SSSR count). The van der Waals surface area contributed by atoms with Crippen LogP contribution in [0, 0.1) is 12.3 Å². The van der Waals surface area contributed by atoms with Crippen molar-refractivity contribution in [1.29, 1.82) is 0 Å². The number of ether oxygens (including phenoxy) is 1. The number of aromatic nitrogens is 1. The van der Waals surface area contributed by atoms with E-state index in [1.165, 1.54) is 34.2 Å². The summed E-state index contributed by atoms with van der Waals surface area (Å²) in [5, 5.41) is 1.23. The van der Waals surface area contributed by atoms with Crippen LogP contribution < -0.4 is 10.4 Å². The van der Waals surface area contributed by atoms with Gasteiger partial charge in [0.15, 0.2) is 5.43 Å². The second-order valence-electron chi connectivity index (χ2n) is 4.66. The zero-order chi connectivity index (χ0) is 13.8. The summed E-state index contributed by atoms with van der Waals surface area (Å²) in [6.07, 6.45) is 7.58. The first-order valence-electron chi connectivity index (χ1n) is 5.46. The van der Waals surface area contributed by atoms with E-state index >= 15 is 0 Å². The van der Waals surface area contributed by atoms with Crippen LogP contribution in [0.25, 0.3) is 0 Å². The number of hydrogen-bond donors (Lipinski definition) is 0. The molecule has 18 heavy (non-hydrogen) atoms. The Morgan fingerprint density at radius 1 is 1.44 bits per heavy atom. The number of nitrogens with zero attached hydrogens (tertiary/aromatic N) is 2. The lowest BCUT2D eigenvalue weighted by Gasteiger charge is -2.27. The Kier molecular flexibility index (Phi) is 4.16. The van der Waals surface area contributed by atoms with Gasteiger partial charge in [-0.15, -0.1) is 6.42 Å². The molecule has 0 fully saturated rings. The zero-order valence-electron chi connectivity index (χ0n) is 10.7. The normalized spacial score (nSPS) is 10.6. The summed E-state index contributed by atoms with van der Waals surface area (Å²) in [5.74, 6) is 2.37. The van der Waals surface area contributed by atoms with Crippen LogP contribution in [0.2, 0.25) is 0 Å². The lowest BCUT2D eigenvalue weighted by Crippen LogP contribution is -2.44. The second kappa shape index (κ2) is 5.41. The third-order valence-electron chi connectivity index (χ3n) is 1.91. The Balaban J connectivity index is 2.96. The van der Waals surface area contributed by atoms with Gasteiger partial charge in [-0.1, -0.05) is 5.92 Å². The number of carbonyl (C=O) groups excluding carboxylic acids is 1. The van der Waals surface area contributed by atoms with Gasteiger partial charge in [0.2, 0.25) is 0 Å². The Labute approximate surface area is 106 Å². The van der Waals surface area contributed by atoms with Gasteiger partial charge < -0.3 is 4.74 Å². The van der Waals surface area contributed by atoms with Crippen molar-refractivity contribution >= 4 is 6.09 Å². The molecule has 1 aromatic heterocycles. The van der Waals surface area contributed by atoms with Crippen molar-refractivity contribution in [2.75, 3.05) is 11.6 Å². The van der Waals surface area contributed by atoms with E-state index in [-0.39, 0.29) is 12.0 Å². The third kappa shape index (κ3) is 3.98. The molecule has 0 aromatic carbocycles. The quantitative estimate of drug-likeness (QED) is 0.742. The van der Waals surface area contributed by atoms with Gasteiger partial charge in [0, 0.05) is 24.5 Å². The number of hydrogen-bond acceptors (Lipinski definition) is 3. The molecule has 96 valence electrons. The van der Waals surface area contributed by atoms with Crippen molar-refractivity contribution in [2.24, 2.45) is 0 Å². The second-order valence-corrected chi connectivity index (χ2v) is 4.66. The molecule has 0 atom stereocenters. The molecule has 5 nitrogen and oxygen atoms in total. The van der Waals surface area contributed by atoms with Crippen molar-refractivity contribution < 1.29 is 9.53 Å². The number of terminal acetylenes is 1. The minimum absolute atomic E-state index is 0.0534. The molecule has 0 saturated carbocycles. The number of rotatable bonds is 2. The first-order chi connectivity index (χ1) is 8.33. The summed E-state index contributed by atoms with van der Waals surface area (Å²) in [5.41, 5.74) is -0.751. The van der Waals surface area contributed by atoms with Crippen molar-refractivity contribution in [2.45, 2.75) is 26.4 Å². The van der Waals surface area contributed by atoms with Gasteiger partial charge in [-0.25, -0.2) is 9.80 Å². The Morgan fingerprint density at radius 2 is 2.00 bits per heavy atom. The number of carbonyl (C=O) groups is 1. The first kappa shape index (κ1) is 13.8. The van der Waals surface area contributed by atoms with Gasteiger partial charge in [-0.05, 0) is 20.8 Å². The molecular formula is C13H16N2O3. The SMILES string of the molecule is C#CCN(C(=O)OC(C)(C)C)n1ccc(=O)cc1. The highest BCUT2D eigenvalue weighted by Gasteiger charge is 2.22. The minimum Gasteiger partial charge on any atom is -0.442 e. The lowest BCUT2D eigenvalue weighted by molar-refractivity contribution is 0.0544. The molecule has 1 aromatic rings. The van der Waals surface area contributed by atoms with Crippen LogP contribution in [0.15, 0.2) is 29.3 Å². The minimum atomic E-state index is -0.608. The largest absolute Gasteiger partial charge is 0.442 e. The van der Waals surface area contributed by atoms with Gasteiger partial charge in [0.25, 0.3) is 0 Å². The molecule has 0 N–H and O–H groups in total. The maximum Gasteiger partial charge on any atom is 0.430 e. The van der Waals surface area contributed by atoms with Crippen LogP contribution >= 0.6 is 0 Å². The first-order valence-corrected chi connectivity index (χ1v) is 5.46. The van der Waals surface area contributed by atoms with Gasteiger partial charge in [-0.2, -0.15) is 0 Å². The molecule has 0 spiro atoms. The highest BCUT2D eigenvalue weighted by atomic mass is 16.6. The molecule has 0 aliphatic carbocycles. The summed E-state index contributed by atoms with van der Waals surface area (Å²) >= 11 is 0. The fourth-order valence-electron chi connectivity index (χ4n) is 1.21.